The molecule has 4 atom stereocenters. The molecule has 20 nitrogen and oxygen atoms in total. The van der Waals surface area contributed by atoms with Crippen molar-refractivity contribution in [2.45, 2.75) is 37.1 Å². The number of rotatable bonds is 4. The number of benzene rings is 2. The van der Waals surface area contributed by atoms with Crippen molar-refractivity contribution in [3.05, 3.63) is 103 Å². The normalized spacial score (nSPS) is 21.8. The topological polar surface area (TPSA) is 210 Å². The first-order valence-electron chi connectivity index (χ1n) is 22.6. The van der Waals surface area contributed by atoms with E-state index in [2.05, 4.69) is 45.9 Å². The lowest BCUT2D eigenvalue weighted by Gasteiger charge is -2.38. The third-order valence-corrected chi connectivity index (χ3v) is 13.0. The van der Waals surface area contributed by atoms with Crippen molar-refractivity contribution in [2.24, 2.45) is 0 Å². The van der Waals surface area contributed by atoms with Crippen LogP contribution in [0.5, 0.6) is 0 Å². The van der Waals surface area contributed by atoms with Crippen molar-refractivity contribution in [2.75, 3.05) is 80.7 Å². The Labute approximate surface area is 387 Å². The minimum absolute atomic E-state index is 0.0197. The number of anilines is 3. The fourth-order valence-electron chi connectivity index (χ4n) is 9.58. The van der Waals surface area contributed by atoms with Crippen LogP contribution in [0.15, 0.2) is 91.8 Å². The predicted molar refractivity (Wildman–Crippen MR) is 245 cm³/mol. The summed E-state index contributed by atoms with van der Waals surface area (Å²) in [5.41, 5.74) is 1.75. The van der Waals surface area contributed by atoms with Gasteiger partial charge in [0, 0.05) is 94.0 Å². The summed E-state index contributed by atoms with van der Waals surface area (Å²) in [4.78, 5) is 74.5. The molecule has 3 amide bonds. The van der Waals surface area contributed by atoms with Gasteiger partial charge in [-0.05, 0) is 42.8 Å². The number of hydrogen-bond donors (Lipinski definition) is 3. The van der Waals surface area contributed by atoms with Crippen LogP contribution >= 0.6 is 0 Å². The van der Waals surface area contributed by atoms with E-state index in [0.29, 0.717) is 75.3 Å². The molecule has 9 heterocycles. The second-order valence-corrected chi connectivity index (χ2v) is 17.2. The first-order valence-corrected chi connectivity index (χ1v) is 22.6. The predicted octanol–water partition coefficient (Wildman–Crippen LogP) is 2.02. The quantitative estimate of drug-likeness (QED) is 0.231. The Bertz CT molecular complexity index is 3020. The molecule has 0 spiro atoms. The number of fused-ring (bicyclic) bond motifs is 8. The molecule has 6 bridgehead atoms. The fraction of sp³-hybridized carbons (Fsp3) is 0.348. The second kappa shape index (κ2) is 18.2. The third-order valence-electron chi connectivity index (χ3n) is 13.0. The molecule has 5 aromatic heterocycles. The number of aromatic nitrogens is 9. The highest BCUT2D eigenvalue weighted by molar-refractivity contribution is 5.95. The maximum atomic E-state index is 15.1. The number of amides is 3. The van der Waals surface area contributed by atoms with E-state index in [0.717, 1.165) is 34.4 Å². The van der Waals surface area contributed by atoms with E-state index in [1.165, 1.54) is 23.3 Å². The lowest BCUT2D eigenvalue weighted by Crippen LogP contribution is -2.62. The second-order valence-electron chi connectivity index (χ2n) is 17.2. The molecule has 3 fully saturated rings. The summed E-state index contributed by atoms with van der Waals surface area (Å²) in [6.07, 6.45) is 8.41. The molecule has 7 aromatic rings. The summed E-state index contributed by atoms with van der Waals surface area (Å²) in [6, 6.07) is 13.3. The van der Waals surface area contributed by atoms with E-state index in [9.17, 15) is 18.8 Å². The van der Waals surface area contributed by atoms with Crippen molar-refractivity contribution in [1.29, 1.82) is 0 Å². The van der Waals surface area contributed by atoms with Gasteiger partial charge in [-0.3, -0.25) is 24.0 Å². The molecule has 11 rings (SSSR count). The van der Waals surface area contributed by atoms with Crippen LogP contribution in [0.2, 0.25) is 0 Å². The average molecular weight is 925 g/mol. The van der Waals surface area contributed by atoms with Gasteiger partial charge in [0.05, 0.1) is 36.9 Å². The van der Waals surface area contributed by atoms with Crippen LogP contribution < -0.4 is 25.8 Å². The van der Waals surface area contributed by atoms with E-state index in [4.69, 9.17) is 14.8 Å². The van der Waals surface area contributed by atoms with E-state index < -0.39 is 41.6 Å². The van der Waals surface area contributed by atoms with Crippen LogP contribution in [-0.2, 0) is 25.7 Å². The van der Waals surface area contributed by atoms with Gasteiger partial charge >= 0.3 is 0 Å². The zero-order valence-corrected chi connectivity index (χ0v) is 36.7. The summed E-state index contributed by atoms with van der Waals surface area (Å²) in [5, 5.41) is 20.1. The minimum atomic E-state index is -1.13. The molecule has 0 saturated carbocycles. The van der Waals surface area contributed by atoms with E-state index >= 15 is 4.39 Å². The van der Waals surface area contributed by atoms with Gasteiger partial charge in [-0.2, -0.15) is 10.2 Å². The number of carbonyl (C=O) groups excluding carboxylic acids is 3. The molecule has 0 aliphatic carbocycles. The van der Waals surface area contributed by atoms with E-state index in [1.807, 2.05) is 57.1 Å². The molecule has 68 heavy (non-hydrogen) atoms. The first-order chi connectivity index (χ1) is 33.2. The van der Waals surface area contributed by atoms with Gasteiger partial charge in [0.25, 0.3) is 0 Å². The zero-order chi connectivity index (χ0) is 46.3. The number of ether oxygens (including phenoxy) is 1. The molecular weight excluding hydrogens is 879 g/mol. The number of halogens is 2. The standard InChI is InChI=1S/C46H46F2N16O4/c47-28-7-8-36(33(48)20-28)64-43-31(22-54-64)42(52-27-53-43)63-24-29-21-37(63)44(65)51-23-35(46(67)61-14-12-60(13-15-61)40-6-1-2-10-49-40)56-45(66)38-26-68-19-18-59(38)16-17-62-25-32-30(4-3-5-34(32)58-62)41-50-11-9-39(55-29)57-41/h1-11,20,22,25,27,29,35,37-38H,12-19,21,23-24,26H2,(H,51,65)(H,56,66)(H,50,55,57)/t29-,35-,37-,38-/m0/s1. The number of nitrogens with zero attached hydrogens (tertiary/aromatic N) is 13. The monoisotopic (exact) mass is 924 g/mol. The van der Waals surface area contributed by atoms with Gasteiger partial charge < -0.3 is 35.4 Å². The van der Waals surface area contributed by atoms with Gasteiger partial charge in [0.2, 0.25) is 17.7 Å². The summed E-state index contributed by atoms with van der Waals surface area (Å²) in [7, 11) is 0. The van der Waals surface area contributed by atoms with Gasteiger partial charge in [-0.15, -0.1) is 0 Å². The highest BCUT2D eigenvalue weighted by Crippen LogP contribution is 2.33. The summed E-state index contributed by atoms with van der Waals surface area (Å²) in [6.45, 7) is 3.82. The molecule has 348 valence electrons. The van der Waals surface area contributed by atoms with Crippen molar-refractivity contribution in [3.63, 3.8) is 0 Å². The largest absolute Gasteiger partial charge is 0.378 e. The van der Waals surface area contributed by atoms with Gasteiger partial charge in [0.15, 0.2) is 17.3 Å². The highest BCUT2D eigenvalue weighted by atomic mass is 19.1. The third kappa shape index (κ3) is 8.36. The molecule has 3 N–H and O–H groups in total. The molecule has 3 saturated heterocycles. The average Bonchev–Trinajstić information content (AvgIpc) is 4.12. The smallest absolute Gasteiger partial charge is 0.247 e. The van der Waals surface area contributed by atoms with Crippen LogP contribution in [0.25, 0.3) is 39.0 Å². The SMILES string of the molecule is O=C1N[C@H](C(=O)N2CCN(c3ccccn3)CC2)CNC(=O)[C@@H]2C[C@@H](CN2c2ncnc3c2cnn3-c2ccc(F)cc2F)Nc2ccnc(n2)-c2cccc3nn(cc23)CCN2CCOC[C@@H]12. The van der Waals surface area contributed by atoms with Gasteiger partial charge in [-0.25, -0.2) is 38.4 Å². The number of hydrogen-bond acceptors (Lipinski definition) is 15. The first kappa shape index (κ1) is 42.9. The highest BCUT2D eigenvalue weighted by Gasteiger charge is 2.41. The van der Waals surface area contributed by atoms with Crippen molar-refractivity contribution in [1.82, 2.24) is 64.9 Å². The maximum absolute atomic E-state index is 15.1. The number of piperazine rings is 1. The molecule has 4 aliphatic rings. The summed E-state index contributed by atoms with van der Waals surface area (Å²) >= 11 is 0. The minimum Gasteiger partial charge on any atom is -0.378 e. The molecule has 0 unspecified atom stereocenters. The molecule has 22 heteroatoms. The van der Waals surface area contributed by atoms with Crippen molar-refractivity contribution in [3.8, 4) is 17.1 Å². The lowest BCUT2D eigenvalue weighted by molar-refractivity contribution is -0.140. The summed E-state index contributed by atoms with van der Waals surface area (Å²) in [5.74, 6) is -0.569. The lowest BCUT2D eigenvalue weighted by atomic mass is 10.1. The maximum Gasteiger partial charge on any atom is 0.247 e. The van der Waals surface area contributed by atoms with Crippen LogP contribution in [0.3, 0.4) is 0 Å². The molecular formula is C46H46F2N16O4. The molecule has 4 aliphatic heterocycles. The Kier molecular flexibility index (Phi) is 11.5. The van der Waals surface area contributed by atoms with Crippen LogP contribution in [0.4, 0.5) is 26.2 Å². The number of nitrogens with one attached hydrogen (secondary N) is 3. The van der Waals surface area contributed by atoms with Crippen molar-refractivity contribution >= 4 is 57.1 Å². The number of morpholine rings is 1. The summed E-state index contributed by atoms with van der Waals surface area (Å²) < 4.78 is 38.0. The van der Waals surface area contributed by atoms with Crippen LogP contribution in [0, 0.1) is 11.6 Å². The number of pyridine rings is 1. The Balaban J connectivity index is 0.945. The molecule has 2 aromatic carbocycles. The zero-order valence-electron chi connectivity index (χ0n) is 36.7. The number of carbonyl (C=O) groups is 3. The Morgan fingerprint density at radius 1 is 0.824 bits per heavy atom. The van der Waals surface area contributed by atoms with Gasteiger partial charge in [-0.1, -0.05) is 18.2 Å². The Morgan fingerprint density at radius 2 is 1.72 bits per heavy atom. The van der Waals surface area contributed by atoms with Crippen LogP contribution in [-0.4, -0.2) is 162 Å². The Morgan fingerprint density at radius 3 is 2.57 bits per heavy atom. The molecule has 0 radical (unpaired) electrons. The Hall–Kier alpha value is -7.72. The fourth-order valence-corrected chi connectivity index (χ4v) is 9.58. The van der Waals surface area contributed by atoms with E-state index in [-0.39, 0.29) is 49.4 Å². The van der Waals surface area contributed by atoms with Crippen LogP contribution in [0.1, 0.15) is 6.42 Å². The van der Waals surface area contributed by atoms with Crippen molar-refractivity contribution < 1.29 is 27.9 Å². The van der Waals surface area contributed by atoms with Gasteiger partial charge in [0.1, 0.15) is 53.4 Å². The van der Waals surface area contributed by atoms with E-state index in [1.54, 1.807) is 23.4 Å².